The van der Waals surface area contributed by atoms with E-state index in [2.05, 4.69) is 24.7 Å². The number of piperidine rings is 1. The van der Waals surface area contributed by atoms with E-state index in [1.807, 2.05) is 0 Å². The van der Waals surface area contributed by atoms with Crippen molar-refractivity contribution in [2.24, 2.45) is 5.92 Å². The van der Waals surface area contributed by atoms with E-state index < -0.39 is 0 Å². The Morgan fingerprint density at radius 3 is 2.92 bits per heavy atom. The zero-order valence-electron chi connectivity index (χ0n) is 8.92. The number of rotatable bonds is 3. The van der Waals surface area contributed by atoms with Crippen LogP contribution in [0.5, 0.6) is 0 Å². The molecule has 2 atom stereocenters. The van der Waals surface area contributed by atoms with Crippen molar-refractivity contribution in [2.75, 3.05) is 13.1 Å². The molecule has 0 bridgehead atoms. The minimum Gasteiger partial charge on any atom is -0.289 e. The number of hydrogen-bond acceptors (Lipinski definition) is 1. The maximum absolute atomic E-state index is 5.37. The predicted octanol–water partition coefficient (Wildman–Crippen LogP) is 2.52. The number of hydrogen-bond donors (Lipinski definition) is 0. The molecule has 1 aliphatic rings. The minimum atomic E-state index is 0.745. The van der Waals surface area contributed by atoms with Crippen LogP contribution in [0.4, 0.5) is 0 Å². The third-order valence-electron chi connectivity index (χ3n) is 3.26. The van der Waals surface area contributed by atoms with Gasteiger partial charge in [0.2, 0.25) is 0 Å². The summed E-state index contributed by atoms with van der Waals surface area (Å²) in [6.45, 7) is 6.67. The lowest BCUT2D eigenvalue weighted by atomic mass is 9.90. The van der Waals surface area contributed by atoms with Crippen LogP contribution in [0.25, 0.3) is 0 Å². The quantitative estimate of drug-likeness (QED) is 0.602. The molecule has 1 nitrogen and oxygen atoms in total. The third-order valence-corrected chi connectivity index (χ3v) is 3.26. The summed E-state index contributed by atoms with van der Waals surface area (Å²) in [6, 6.07) is 0.745. The lowest BCUT2D eigenvalue weighted by Crippen LogP contribution is -2.43. The van der Waals surface area contributed by atoms with Gasteiger partial charge in [-0.3, -0.25) is 4.90 Å². The van der Waals surface area contributed by atoms with Gasteiger partial charge < -0.3 is 0 Å². The molecule has 1 heteroatoms. The van der Waals surface area contributed by atoms with Gasteiger partial charge >= 0.3 is 0 Å². The second-order valence-electron chi connectivity index (χ2n) is 4.12. The van der Waals surface area contributed by atoms with E-state index in [-0.39, 0.29) is 0 Å². The van der Waals surface area contributed by atoms with Crippen molar-refractivity contribution < 1.29 is 0 Å². The smallest absolute Gasteiger partial charge is 0.0601 e. The molecule has 0 spiro atoms. The predicted molar refractivity (Wildman–Crippen MR) is 57.5 cm³/mol. The molecule has 2 unspecified atom stereocenters. The Kier molecular flexibility index (Phi) is 4.32. The number of nitrogens with zero attached hydrogens (tertiary/aromatic N) is 1. The molecule has 1 aliphatic heterocycles. The molecular formula is C12H21N. The summed E-state index contributed by atoms with van der Waals surface area (Å²) >= 11 is 0. The van der Waals surface area contributed by atoms with E-state index in [1.54, 1.807) is 0 Å². The van der Waals surface area contributed by atoms with Crippen molar-refractivity contribution in [3.63, 3.8) is 0 Å². The maximum atomic E-state index is 5.37. The van der Waals surface area contributed by atoms with Gasteiger partial charge in [0.15, 0.2) is 0 Å². The normalized spacial score (nSPS) is 26.7. The molecule has 0 aromatic rings. The molecule has 1 saturated heterocycles. The van der Waals surface area contributed by atoms with Crippen molar-refractivity contribution in [3.05, 3.63) is 0 Å². The van der Waals surface area contributed by atoms with Crippen LogP contribution in [0.15, 0.2) is 0 Å². The first kappa shape index (κ1) is 10.6. The molecule has 1 rings (SSSR count). The van der Waals surface area contributed by atoms with E-state index in [0.29, 0.717) is 0 Å². The van der Waals surface area contributed by atoms with E-state index in [0.717, 1.165) is 18.5 Å². The van der Waals surface area contributed by atoms with Gasteiger partial charge in [-0.25, -0.2) is 0 Å². The minimum absolute atomic E-state index is 0.745. The van der Waals surface area contributed by atoms with Gasteiger partial charge in [0, 0.05) is 6.04 Å². The summed E-state index contributed by atoms with van der Waals surface area (Å²) in [5.41, 5.74) is 0. The lowest BCUT2D eigenvalue weighted by molar-refractivity contribution is 0.120. The van der Waals surface area contributed by atoms with Crippen molar-refractivity contribution >= 4 is 0 Å². The van der Waals surface area contributed by atoms with E-state index in [9.17, 15) is 0 Å². The molecule has 0 amide bonds. The number of likely N-dealkylation sites (tertiary alicyclic amines) is 1. The van der Waals surface area contributed by atoms with Crippen LogP contribution in [0.1, 0.15) is 39.5 Å². The highest BCUT2D eigenvalue weighted by Gasteiger charge is 2.25. The molecule has 1 fully saturated rings. The maximum Gasteiger partial charge on any atom is 0.0601 e. The topological polar surface area (TPSA) is 3.24 Å². The first-order valence-electron chi connectivity index (χ1n) is 5.47. The molecule has 0 aliphatic carbocycles. The van der Waals surface area contributed by atoms with E-state index >= 15 is 0 Å². The summed E-state index contributed by atoms with van der Waals surface area (Å²) in [4.78, 5) is 2.48. The van der Waals surface area contributed by atoms with Crippen molar-refractivity contribution in [1.29, 1.82) is 0 Å². The standard InChI is InChI=1S/C12H21N/c1-4-9-13-10-7-6-8-12(13)11(3)5-2/h1,11-12H,5-10H2,2-3H3. The van der Waals surface area contributed by atoms with Crippen molar-refractivity contribution in [2.45, 2.75) is 45.6 Å². The van der Waals surface area contributed by atoms with Gasteiger partial charge in [-0.15, -0.1) is 6.42 Å². The molecular weight excluding hydrogens is 158 g/mol. The largest absolute Gasteiger partial charge is 0.289 e. The van der Waals surface area contributed by atoms with Gasteiger partial charge in [0.1, 0.15) is 0 Å². The summed E-state index contributed by atoms with van der Waals surface area (Å²) in [5, 5.41) is 0. The van der Waals surface area contributed by atoms with Crippen LogP contribution in [0.2, 0.25) is 0 Å². The summed E-state index contributed by atoms with van der Waals surface area (Å²) in [7, 11) is 0. The fourth-order valence-corrected chi connectivity index (χ4v) is 2.25. The Hall–Kier alpha value is -0.480. The van der Waals surface area contributed by atoms with Gasteiger partial charge in [-0.2, -0.15) is 0 Å². The zero-order chi connectivity index (χ0) is 9.68. The van der Waals surface area contributed by atoms with Gasteiger partial charge in [0.05, 0.1) is 6.54 Å². The first-order valence-corrected chi connectivity index (χ1v) is 5.47. The molecule has 0 aromatic heterocycles. The van der Waals surface area contributed by atoms with Crippen molar-refractivity contribution in [1.82, 2.24) is 4.90 Å². The highest BCUT2D eigenvalue weighted by Crippen LogP contribution is 2.24. The Morgan fingerprint density at radius 1 is 1.54 bits per heavy atom. The van der Waals surface area contributed by atoms with Crippen LogP contribution >= 0.6 is 0 Å². The van der Waals surface area contributed by atoms with Gasteiger partial charge in [-0.05, 0) is 25.3 Å². The highest BCUT2D eigenvalue weighted by molar-refractivity contribution is 4.92. The zero-order valence-corrected chi connectivity index (χ0v) is 8.92. The second kappa shape index (κ2) is 5.29. The van der Waals surface area contributed by atoms with Crippen LogP contribution in [-0.4, -0.2) is 24.0 Å². The van der Waals surface area contributed by atoms with Crippen LogP contribution in [-0.2, 0) is 0 Å². The lowest BCUT2D eigenvalue weighted by Gasteiger charge is -2.37. The molecule has 13 heavy (non-hydrogen) atoms. The second-order valence-corrected chi connectivity index (χ2v) is 4.12. The fraction of sp³-hybridized carbons (Fsp3) is 0.833. The summed E-state index contributed by atoms with van der Waals surface area (Å²) in [5.74, 6) is 3.57. The molecule has 74 valence electrons. The molecule has 0 radical (unpaired) electrons. The van der Waals surface area contributed by atoms with Crippen LogP contribution in [0, 0.1) is 18.3 Å². The van der Waals surface area contributed by atoms with E-state index in [4.69, 9.17) is 6.42 Å². The van der Waals surface area contributed by atoms with Crippen LogP contribution < -0.4 is 0 Å². The van der Waals surface area contributed by atoms with Gasteiger partial charge in [-0.1, -0.05) is 32.6 Å². The monoisotopic (exact) mass is 179 g/mol. The van der Waals surface area contributed by atoms with Crippen molar-refractivity contribution in [3.8, 4) is 12.3 Å². The first-order chi connectivity index (χ1) is 6.29. The SMILES string of the molecule is C#CCN1CCCCC1C(C)CC. The molecule has 1 heterocycles. The Balaban J connectivity index is 2.51. The third kappa shape index (κ3) is 2.74. The molecule has 0 aromatic carbocycles. The molecule has 0 saturated carbocycles. The van der Waals surface area contributed by atoms with Gasteiger partial charge in [0.25, 0.3) is 0 Å². The Morgan fingerprint density at radius 2 is 2.31 bits per heavy atom. The van der Waals surface area contributed by atoms with E-state index in [1.165, 1.54) is 32.2 Å². The molecule has 0 N–H and O–H groups in total. The Bertz CT molecular complexity index is 180. The number of terminal acetylenes is 1. The average Bonchev–Trinajstić information content (AvgIpc) is 2.18. The van der Waals surface area contributed by atoms with Crippen LogP contribution in [0.3, 0.4) is 0 Å². The summed E-state index contributed by atoms with van der Waals surface area (Å²) in [6.07, 6.45) is 10.7. The fourth-order valence-electron chi connectivity index (χ4n) is 2.25. The highest BCUT2D eigenvalue weighted by atomic mass is 15.2. The average molecular weight is 179 g/mol. The Labute approximate surface area is 82.5 Å². The summed E-state index contributed by atoms with van der Waals surface area (Å²) < 4.78 is 0.